The molecule has 0 bridgehead atoms. The van der Waals surface area contributed by atoms with Gasteiger partial charge in [-0.25, -0.2) is 15.0 Å². The molecule has 1 aliphatic rings. The van der Waals surface area contributed by atoms with Crippen LogP contribution in [0.2, 0.25) is 0 Å². The first-order valence-electron chi connectivity index (χ1n) is 16.5. The second-order valence-corrected chi connectivity index (χ2v) is 12.8. The molecule has 0 saturated heterocycles. The quantitative estimate of drug-likeness (QED) is 0.196. The molecule has 1 aliphatic carbocycles. The highest BCUT2D eigenvalue weighted by Crippen LogP contribution is 2.55. The molecule has 2 heterocycles. The van der Waals surface area contributed by atoms with Crippen molar-refractivity contribution in [2.24, 2.45) is 0 Å². The van der Waals surface area contributed by atoms with Crippen molar-refractivity contribution >= 4 is 54.3 Å². The van der Waals surface area contributed by atoms with Crippen molar-refractivity contribution in [3.8, 4) is 56.4 Å². The third kappa shape index (κ3) is 3.89. The molecule has 4 nitrogen and oxygen atoms in total. The molecule has 0 atom stereocenters. The lowest BCUT2D eigenvalue weighted by Crippen LogP contribution is -2.01. The molecule has 226 valence electrons. The fourth-order valence-corrected chi connectivity index (χ4v) is 7.74. The van der Waals surface area contributed by atoms with Crippen molar-refractivity contribution in [2.45, 2.75) is 0 Å². The van der Waals surface area contributed by atoms with Crippen LogP contribution in [0.5, 0.6) is 0 Å². The van der Waals surface area contributed by atoms with E-state index in [1.807, 2.05) is 12.1 Å². The number of nitrogens with zero attached hydrogens (tertiary/aromatic N) is 3. The van der Waals surface area contributed by atoms with E-state index in [1.165, 1.54) is 32.7 Å². The smallest absolute Gasteiger partial charge is 0.164 e. The van der Waals surface area contributed by atoms with E-state index in [0.29, 0.717) is 17.5 Å². The summed E-state index contributed by atoms with van der Waals surface area (Å²) in [6.07, 6.45) is 0. The van der Waals surface area contributed by atoms with Gasteiger partial charge < -0.3 is 4.42 Å². The molecule has 10 aromatic rings. The summed E-state index contributed by atoms with van der Waals surface area (Å²) in [5.74, 6) is 1.91. The zero-order valence-corrected chi connectivity index (χ0v) is 26.2. The van der Waals surface area contributed by atoms with Gasteiger partial charge in [-0.2, -0.15) is 0 Å². The number of furan rings is 1. The first-order chi connectivity index (χ1) is 24.3. The minimum Gasteiger partial charge on any atom is -0.455 e. The summed E-state index contributed by atoms with van der Waals surface area (Å²) in [6, 6.07) is 53.2. The SMILES string of the molecule is c1ccc2cc(-c3nc(-c4ccc5ccccc5c4)nc(-c4cc5c(oc6ccccc65)c5c4-c4cccc6cccc-5c46)n3)ccc2c1. The van der Waals surface area contributed by atoms with E-state index in [-0.39, 0.29) is 0 Å². The lowest BCUT2D eigenvalue weighted by Gasteiger charge is -2.13. The number of hydrogen-bond donors (Lipinski definition) is 0. The van der Waals surface area contributed by atoms with Gasteiger partial charge in [-0.3, -0.25) is 0 Å². The summed E-state index contributed by atoms with van der Waals surface area (Å²) in [5, 5.41) is 9.19. The largest absolute Gasteiger partial charge is 0.455 e. The monoisotopic (exact) mass is 623 g/mol. The minimum absolute atomic E-state index is 0.634. The Kier molecular flexibility index (Phi) is 5.35. The maximum Gasteiger partial charge on any atom is 0.164 e. The Morgan fingerprint density at radius 2 is 0.918 bits per heavy atom. The Balaban J connectivity index is 1.25. The van der Waals surface area contributed by atoms with Gasteiger partial charge in [0.2, 0.25) is 0 Å². The molecule has 49 heavy (non-hydrogen) atoms. The van der Waals surface area contributed by atoms with Crippen LogP contribution in [0.1, 0.15) is 0 Å². The number of rotatable bonds is 3. The third-order valence-corrected chi connectivity index (χ3v) is 10.0. The Morgan fingerprint density at radius 1 is 0.367 bits per heavy atom. The van der Waals surface area contributed by atoms with E-state index in [0.717, 1.165) is 60.5 Å². The van der Waals surface area contributed by atoms with Crippen LogP contribution in [0.25, 0.3) is 111 Å². The molecular weight excluding hydrogens is 599 g/mol. The van der Waals surface area contributed by atoms with Crippen LogP contribution in [0.4, 0.5) is 0 Å². The normalized spacial score (nSPS) is 12.1. The van der Waals surface area contributed by atoms with Crippen LogP contribution >= 0.6 is 0 Å². The molecule has 0 spiro atoms. The van der Waals surface area contributed by atoms with Crippen molar-refractivity contribution in [3.63, 3.8) is 0 Å². The van der Waals surface area contributed by atoms with Crippen molar-refractivity contribution in [1.29, 1.82) is 0 Å². The number of para-hydroxylation sites is 1. The molecule has 0 unspecified atom stereocenters. The number of benzene rings is 8. The molecule has 4 heteroatoms. The first-order valence-corrected chi connectivity index (χ1v) is 16.5. The summed E-state index contributed by atoms with van der Waals surface area (Å²) in [4.78, 5) is 15.7. The second-order valence-electron chi connectivity index (χ2n) is 12.8. The van der Waals surface area contributed by atoms with Gasteiger partial charge in [-0.05, 0) is 67.7 Å². The zero-order chi connectivity index (χ0) is 32.1. The van der Waals surface area contributed by atoms with Crippen molar-refractivity contribution in [2.75, 3.05) is 0 Å². The van der Waals surface area contributed by atoms with Gasteiger partial charge in [0.05, 0.1) is 0 Å². The topological polar surface area (TPSA) is 51.8 Å². The molecule has 0 fully saturated rings. The number of aromatic nitrogens is 3. The second kappa shape index (κ2) is 9.93. The molecule has 0 radical (unpaired) electrons. The molecule has 0 saturated carbocycles. The van der Waals surface area contributed by atoms with Crippen molar-refractivity contribution in [3.05, 3.63) is 152 Å². The summed E-state index contributed by atoms with van der Waals surface area (Å²) < 4.78 is 6.66. The fourth-order valence-electron chi connectivity index (χ4n) is 7.74. The van der Waals surface area contributed by atoms with E-state index in [1.54, 1.807) is 0 Å². The van der Waals surface area contributed by atoms with E-state index in [4.69, 9.17) is 19.4 Å². The van der Waals surface area contributed by atoms with Gasteiger partial charge in [-0.15, -0.1) is 0 Å². The fraction of sp³-hybridized carbons (Fsp3) is 0. The number of hydrogen-bond acceptors (Lipinski definition) is 4. The Labute approximate surface area is 281 Å². The van der Waals surface area contributed by atoms with E-state index in [2.05, 4.69) is 140 Å². The first kappa shape index (κ1) is 26.4. The molecule has 11 rings (SSSR count). The van der Waals surface area contributed by atoms with Gasteiger partial charge in [0.1, 0.15) is 11.2 Å². The number of fused-ring (bicyclic) bond motifs is 9. The standard InChI is InChI=1S/C45H25N3O/c1-3-11-29-23-31(21-19-26(29)9-1)43-46-44(32-22-20-27-10-2-4-12-30(27)24-32)48-45(47-43)37-25-36-33-15-5-6-18-38(33)49-42(36)41-35-17-8-14-28-13-7-16-34(39(28)35)40(37)41/h1-25H. The average Bonchev–Trinajstić information content (AvgIpc) is 3.71. The van der Waals surface area contributed by atoms with Crippen LogP contribution in [0.15, 0.2) is 156 Å². The van der Waals surface area contributed by atoms with E-state index >= 15 is 0 Å². The van der Waals surface area contributed by atoms with Crippen LogP contribution in [0, 0.1) is 0 Å². The Bertz CT molecular complexity index is 2910. The third-order valence-electron chi connectivity index (χ3n) is 10.0. The highest BCUT2D eigenvalue weighted by molar-refractivity contribution is 6.25. The lowest BCUT2D eigenvalue weighted by molar-refractivity contribution is 0.670. The maximum absolute atomic E-state index is 6.66. The highest BCUT2D eigenvalue weighted by atomic mass is 16.3. The molecule has 2 aromatic heterocycles. The Morgan fingerprint density at radius 3 is 1.59 bits per heavy atom. The summed E-state index contributed by atoms with van der Waals surface area (Å²) in [7, 11) is 0. The van der Waals surface area contributed by atoms with Crippen LogP contribution in [-0.4, -0.2) is 15.0 Å². The van der Waals surface area contributed by atoms with E-state index in [9.17, 15) is 0 Å². The van der Waals surface area contributed by atoms with Gasteiger partial charge in [-0.1, -0.05) is 127 Å². The molecule has 0 aliphatic heterocycles. The van der Waals surface area contributed by atoms with Crippen LogP contribution < -0.4 is 0 Å². The summed E-state index contributed by atoms with van der Waals surface area (Å²) in [6.45, 7) is 0. The predicted octanol–water partition coefficient (Wildman–Crippen LogP) is 11.9. The maximum atomic E-state index is 6.66. The molecule has 8 aromatic carbocycles. The van der Waals surface area contributed by atoms with Gasteiger partial charge in [0.25, 0.3) is 0 Å². The summed E-state index contributed by atoms with van der Waals surface area (Å²) >= 11 is 0. The van der Waals surface area contributed by atoms with Gasteiger partial charge in [0.15, 0.2) is 17.5 Å². The van der Waals surface area contributed by atoms with E-state index < -0.39 is 0 Å². The molecule has 0 N–H and O–H groups in total. The summed E-state index contributed by atoms with van der Waals surface area (Å²) in [5.41, 5.74) is 9.14. The van der Waals surface area contributed by atoms with Gasteiger partial charge in [0, 0.05) is 38.6 Å². The van der Waals surface area contributed by atoms with Crippen LogP contribution in [0.3, 0.4) is 0 Å². The highest BCUT2D eigenvalue weighted by Gasteiger charge is 2.30. The lowest BCUT2D eigenvalue weighted by atomic mass is 9.94. The zero-order valence-electron chi connectivity index (χ0n) is 26.2. The molecular formula is C45H25N3O. The van der Waals surface area contributed by atoms with Crippen molar-refractivity contribution < 1.29 is 4.42 Å². The Hall–Kier alpha value is -6.65. The minimum atomic E-state index is 0.634. The molecule has 0 amide bonds. The van der Waals surface area contributed by atoms with Crippen LogP contribution in [-0.2, 0) is 0 Å². The van der Waals surface area contributed by atoms with Gasteiger partial charge >= 0.3 is 0 Å². The average molecular weight is 624 g/mol. The predicted molar refractivity (Wildman–Crippen MR) is 200 cm³/mol. The van der Waals surface area contributed by atoms with Crippen molar-refractivity contribution in [1.82, 2.24) is 15.0 Å².